The third-order valence-corrected chi connectivity index (χ3v) is 7.08. The van der Waals surface area contributed by atoms with E-state index >= 15 is 0 Å². The van der Waals surface area contributed by atoms with E-state index in [-0.39, 0.29) is 0 Å². The van der Waals surface area contributed by atoms with Gasteiger partial charge in [-0.3, -0.25) is 9.80 Å². The molecule has 1 atom stereocenters. The van der Waals surface area contributed by atoms with Crippen LogP contribution in [0.5, 0.6) is 0 Å². The van der Waals surface area contributed by atoms with Gasteiger partial charge in [-0.25, -0.2) is 9.97 Å². The minimum absolute atomic E-state index is 0.595. The van der Waals surface area contributed by atoms with Gasteiger partial charge in [0.15, 0.2) is 0 Å². The molecule has 1 saturated heterocycles. The van der Waals surface area contributed by atoms with E-state index < -0.39 is 6.23 Å². The molecule has 2 aliphatic heterocycles. The van der Waals surface area contributed by atoms with Gasteiger partial charge in [0, 0.05) is 75.8 Å². The van der Waals surface area contributed by atoms with Gasteiger partial charge in [0.1, 0.15) is 17.9 Å². The third kappa shape index (κ3) is 3.80. The van der Waals surface area contributed by atoms with Crippen LogP contribution in [0, 0.1) is 0 Å². The van der Waals surface area contributed by atoms with Crippen molar-refractivity contribution >= 4 is 27.4 Å². The largest absolute Gasteiger partial charge is 0.374 e. The molecular weight excluding hydrogens is 396 g/mol. The van der Waals surface area contributed by atoms with Crippen molar-refractivity contribution in [2.45, 2.75) is 26.0 Å². The quantitative estimate of drug-likeness (QED) is 0.674. The molecule has 3 aromatic rings. The lowest BCUT2D eigenvalue weighted by Gasteiger charge is -2.38. The SMILES string of the molecule is CCc1ncc2c(n1)CCN(CCN1CCN(c3nsc4ccccc34)CC1)C2O. The van der Waals surface area contributed by atoms with E-state index in [9.17, 15) is 5.11 Å². The van der Waals surface area contributed by atoms with Crippen molar-refractivity contribution in [2.75, 3.05) is 50.7 Å². The molecule has 7 nitrogen and oxygen atoms in total. The lowest BCUT2D eigenvalue weighted by atomic mass is 10.1. The molecule has 8 heteroatoms. The zero-order valence-electron chi connectivity index (χ0n) is 17.4. The maximum absolute atomic E-state index is 10.8. The van der Waals surface area contributed by atoms with Gasteiger partial charge in [-0.15, -0.1) is 0 Å². The Hall–Kier alpha value is -2.13. The molecule has 4 heterocycles. The van der Waals surface area contributed by atoms with E-state index in [0.29, 0.717) is 0 Å². The topological polar surface area (TPSA) is 68.6 Å². The van der Waals surface area contributed by atoms with Crippen LogP contribution in [0.2, 0.25) is 0 Å². The molecule has 1 aromatic carbocycles. The Balaban J connectivity index is 1.16. The van der Waals surface area contributed by atoms with Crippen molar-refractivity contribution in [3.63, 3.8) is 0 Å². The maximum Gasteiger partial charge on any atom is 0.150 e. The summed E-state index contributed by atoms with van der Waals surface area (Å²) in [5.74, 6) is 1.99. The Morgan fingerprint density at radius 1 is 1.10 bits per heavy atom. The first-order valence-electron chi connectivity index (χ1n) is 10.8. The monoisotopic (exact) mass is 424 g/mol. The summed E-state index contributed by atoms with van der Waals surface area (Å²) < 4.78 is 5.96. The zero-order chi connectivity index (χ0) is 20.5. The van der Waals surface area contributed by atoms with Crippen molar-refractivity contribution in [3.05, 3.63) is 47.5 Å². The second-order valence-corrected chi connectivity index (χ2v) is 8.84. The van der Waals surface area contributed by atoms with Crippen molar-refractivity contribution in [2.24, 2.45) is 0 Å². The van der Waals surface area contributed by atoms with Gasteiger partial charge < -0.3 is 10.0 Å². The first-order chi connectivity index (χ1) is 14.7. The van der Waals surface area contributed by atoms with Crippen LogP contribution in [0.15, 0.2) is 30.5 Å². The molecule has 0 saturated carbocycles. The number of aromatic nitrogens is 3. The van der Waals surface area contributed by atoms with Crippen LogP contribution < -0.4 is 4.90 Å². The third-order valence-electron chi connectivity index (χ3n) is 6.26. The van der Waals surface area contributed by atoms with E-state index in [4.69, 9.17) is 4.37 Å². The second-order valence-electron chi connectivity index (χ2n) is 8.03. The molecule has 1 fully saturated rings. The summed E-state index contributed by atoms with van der Waals surface area (Å²) in [5.41, 5.74) is 1.88. The molecule has 1 unspecified atom stereocenters. The molecule has 0 bridgehead atoms. The molecule has 0 radical (unpaired) electrons. The van der Waals surface area contributed by atoms with Crippen molar-refractivity contribution in [3.8, 4) is 0 Å². The Kier molecular flexibility index (Phi) is 5.64. The molecule has 158 valence electrons. The minimum Gasteiger partial charge on any atom is -0.374 e. The number of rotatable bonds is 5. The van der Waals surface area contributed by atoms with E-state index in [1.54, 1.807) is 11.5 Å². The number of nitrogens with zero attached hydrogens (tertiary/aromatic N) is 6. The number of piperazine rings is 1. The van der Waals surface area contributed by atoms with Gasteiger partial charge >= 0.3 is 0 Å². The van der Waals surface area contributed by atoms with Gasteiger partial charge in [0.25, 0.3) is 0 Å². The minimum atomic E-state index is -0.595. The summed E-state index contributed by atoms with van der Waals surface area (Å²) in [7, 11) is 0. The van der Waals surface area contributed by atoms with Gasteiger partial charge in [-0.05, 0) is 23.7 Å². The van der Waals surface area contributed by atoms with E-state index in [0.717, 1.165) is 81.6 Å². The Morgan fingerprint density at radius 2 is 1.93 bits per heavy atom. The fourth-order valence-electron chi connectivity index (χ4n) is 4.41. The maximum atomic E-state index is 10.8. The molecule has 5 rings (SSSR count). The van der Waals surface area contributed by atoms with Crippen LogP contribution in [-0.2, 0) is 12.8 Å². The zero-order valence-corrected chi connectivity index (χ0v) is 18.2. The van der Waals surface area contributed by atoms with Crippen molar-refractivity contribution < 1.29 is 5.11 Å². The molecule has 0 spiro atoms. The number of benzene rings is 1. The number of hydrogen-bond acceptors (Lipinski definition) is 8. The highest BCUT2D eigenvalue weighted by atomic mass is 32.1. The Morgan fingerprint density at radius 3 is 2.77 bits per heavy atom. The van der Waals surface area contributed by atoms with Gasteiger partial charge in [-0.2, -0.15) is 4.37 Å². The second kappa shape index (κ2) is 8.55. The summed E-state index contributed by atoms with van der Waals surface area (Å²) in [6, 6.07) is 8.48. The predicted octanol–water partition coefficient (Wildman–Crippen LogP) is 2.32. The number of anilines is 1. The van der Waals surface area contributed by atoms with E-state index in [2.05, 4.69) is 55.9 Å². The molecule has 2 aromatic heterocycles. The van der Waals surface area contributed by atoms with Gasteiger partial charge in [-0.1, -0.05) is 19.1 Å². The molecular formula is C22H28N6OS. The van der Waals surface area contributed by atoms with Crippen LogP contribution in [0.3, 0.4) is 0 Å². The molecule has 1 N–H and O–H groups in total. The molecule has 30 heavy (non-hydrogen) atoms. The van der Waals surface area contributed by atoms with E-state index in [1.807, 2.05) is 6.20 Å². The predicted molar refractivity (Wildman–Crippen MR) is 120 cm³/mol. The number of aryl methyl sites for hydroxylation is 1. The summed E-state index contributed by atoms with van der Waals surface area (Å²) in [6.45, 7) is 8.76. The van der Waals surface area contributed by atoms with Crippen molar-refractivity contribution in [1.29, 1.82) is 0 Å². The Labute approximate surface area is 181 Å². The molecule has 0 aliphatic carbocycles. The van der Waals surface area contributed by atoms with Crippen LogP contribution in [0.4, 0.5) is 5.82 Å². The van der Waals surface area contributed by atoms with Crippen molar-refractivity contribution in [1.82, 2.24) is 24.1 Å². The average molecular weight is 425 g/mol. The number of hydrogen-bond donors (Lipinski definition) is 1. The summed E-state index contributed by atoms with van der Waals surface area (Å²) in [4.78, 5) is 16.0. The summed E-state index contributed by atoms with van der Waals surface area (Å²) >= 11 is 1.58. The highest BCUT2D eigenvalue weighted by molar-refractivity contribution is 7.13. The van der Waals surface area contributed by atoms with Crippen LogP contribution in [-0.4, -0.2) is 75.1 Å². The first kappa shape index (κ1) is 19.8. The lowest BCUT2D eigenvalue weighted by Crippen LogP contribution is -2.49. The smallest absolute Gasteiger partial charge is 0.150 e. The fraction of sp³-hybridized carbons (Fsp3) is 0.500. The first-order valence-corrected chi connectivity index (χ1v) is 11.6. The average Bonchev–Trinajstić information content (AvgIpc) is 3.23. The Bertz CT molecular complexity index is 1020. The van der Waals surface area contributed by atoms with Gasteiger partial charge in [0.05, 0.1) is 10.4 Å². The van der Waals surface area contributed by atoms with Crippen LogP contribution in [0.1, 0.15) is 30.2 Å². The number of fused-ring (bicyclic) bond motifs is 2. The molecule has 2 aliphatic rings. The van der Waals surface area contributed by atoms with Crippen LogP contribution in [0.25, 0.3) is 10.1 Å². The number of aliphatic hydroxyl groups excluding tert-OH is 1. The highest BCUT2D eigenvalue weighted by Gasteiger charge is 2.28. The highest BCUT2D eigenvalue weighted by Crippen LogP contribution is 2.30. The molecule has 0 amide bonds. The summed E-state index contributed by atoms with van der Waals surface area (Å²) in [6.07, 6.45) is 2.93. The normalized spacial score (nSPS) is 20.6. The fourth-order valence-corrected chi connectivity index (χ4v) is 5.21. The lowest BCUT2D eigenvalue weighted by molar-refractivity contribution is -0.0128. The standard InChI is InChI=1S/C22H28N6OS/c1-2-20-23-15-17-18(24-20)7-8-28(22(17)29)14-11-26-9-12-27(13-10-26)21-16-5-3-4-6-19(16)30-25-21/h3-6,15,22,29H,2,7-14H2,1H3. The number of aliphatic hydroxyl groups is 1. The van der Waals surface area contributed by atoms with Crippen LogP contribution >= 0.6 is 11.5 Å². The van der Waals surface area contributed by atoms with E-state index in [1.165, 1.54) is 10.1 Å². The summed E-state index contributed by atoms with van der Waals surface area (Å²) in [5, 5.41) is 12.1. The van der Waals surface area contributed by atoms with Gasteiger partial charge in [0.2, 0.25) is 0 Å².